The van der Waals surface area contributed by atoms with E-state index in [1.54, 1.807) is 0 Å². The summed E-state index contributed by atoms with van der Waals surface area (Å²) in [6.45, 7) is 8.32. The molecule has 0 spiro atoms. The smallest absolute Gasteiger partial charge is 0.142 e. The van der Waals surface area contributed by atoms with Crippen LogP contribution >= 0.6 is 0 Å². The molecule has 1 aliphatic heterocycles. The molecule has 0 aliphatic carbocycles. The van der Waals surface area contributed by atoms with E-state index in [9.17, 15) is 0 Å². The van der Waals surface area contributed by atoms with Crippen LogP contribution in [0.2, 0.25) is 0 Å². The molecule has 1 aliphatic rings. The number of piperazine rings is 1. The van der Waals surface area contributed by atoms with Gasteiger partial charge >= 0.3 is 0 Å². The number of nitrogens with zero attached hydrogens (tertiary/aromatic N) is 1. The predicted octanol–water partition coefficient (Wildman–Crippen LogP) is 2.27. The molecule has 1 aromatic carbocycles. The first-order valence-corrected chi connectivity index (χ1v) is 6.52. The molecule has 3 nitrogen and oxygen atoms in total. The fourth-order valence-corrected chi connectivity index (χ4v) is 2.23. The van der Waals surface area contributed by atoms with Crippen molar-refractivity contribution in [3.8, 4) is 5.75 Å². The predicted molar refractivity (Wildman–Crippen MR) is 71.9 cm³/mol. The van der Waals surface area contributed by atoms with Crippen LogP contribution in [0.3, 0.4) is 0 Å². The van der Waals surface area contributed by atoms with Crippen molar-refractivity contribution in [2.45, 2.75) is 26.3 Å². The maximum atomic E-state index is 5.83. The lowest BCUT2D eigenvalue weighted by Crippen LogP contribution is -2.50. The van der Waals surface area contributed by atoms with Crippen LogP contribution in [-0.4, -0.2) is 32.3 Å². The average molecular weight is 234 g/mol. The molecule has 3 heteroatoms. The molecule has 1 heterocycles. The van der Waals surface area contributed by atoms with E-state index < -0.39 is 0 Å². The maximum absolute atomic E-state index is 5.83. The van der Waals surface area contributed by atoms with Gasteiger partial charge in [-0.05, 0) is 25.5 Å². The van der Waals surface area contributed by atoms with Crippen LogP contribution in [0.5, 0.6) is 5.75 Å². The van der Waals surface area contributed by atoms with Crippen LogP contribution in [0, 0.1) is 0 Å². The van der Waals surface area contributed by atoms with Crippen molar-refractivity contribution < 1.29 is 4.74 Å². The summed E-state index contributed by atoms with van der Waals surface area (Å²) >= 11 is 0. The summed E-state index contributed by atoms with van der Waals surface area (Å²) in [4.78, 5) is 2.43. The number of nitrogens with one attached hydrogen (secondary N) is 1. The Morgan fingerprint density at radius 3 is 3.00 bits per heavy atom. The average Bonchev–Trinajstić information content (AvgIpc) is 2.37. The highest BCUT2D eigenvalue weighted by Gasteiger charge is 2.20. The molecule has 0 aromatic heterocycles. The van der Waals surface area contributed by atoms with Crippen LogP contribution in [0.15, 0.2) is 24.3 Å². The first kappa shape index (κ1) is 12.2. The molecule has 94 valence electrons. The normalized spacial score (nSPS) is 20.4. The monoisotopic (exact) mass is 234 g/mol. The minimum Gasteiger partial charge on any atom is -0.491 e. The van der Waals surface area contributed by atoms with Gasteiger partial charge in [-0.3, -0.25) is 0 Å². The van der Waals surface area contributed by atoms with Gasteiger partial charge in [0.05, 0.1) is 12.3 Å². The van der Waals surface area contributed by atoms with Crippen LogP contribution in [0.1, 0.15) is 20.3 Å². The van der Waals surface area contributed by atoms with E-state index >= 15 is 0 Å². The zero-order chi connectivity index (χ0) is 12.1. The summed E-state index contributed by atoms with van der Waals surface area (Å²) in [6, 6.07) is 8.88. The van der Waals surface area contributed by atoms with E-state index in [0.29, 0.717) is 6.04 Å². The summed E-state index contributed by atoms with van der Waals surface area (Å²) in [5, 5.41) is 3.41. The lowest BCUT2D eigenvalue weighted by Gasteiger charge is -2.36. The van der Waals surface area contributed by atoms with Crippen molar-refractivity contribution in [1.82, 2.24) is 5.32 Å². The number of anilines is 1. The van der Waals surface area contributed by atoms with E-state index in [-0.39, 0.29) is 0 Å². The molecular formula is C14H22N2O. The van der Waals surface area contributed by atoms with E-state index in [1.807, 2.05) is 6.07 Å². The highest BCUT2D eigenvalue weighted by atomic mass is 16.5. The van der Waals surface area contributed by atoms with E-state index in [0.717, 1.165) is 38.4 Å². The third-order valence-electron chi connectivity index (χ3n) is 3.14. The van der Waals surface area contributed by atoms with Crippen molar-refractivity contribution in [2.75, 3.05) is 31.1 Å². The SMILES string of the molecule is CCCOc1ccccc1N1CCNCC1C. The molecule has 1 atom stereocenters. The fourth-order valence-electron chi connectivity index (χ4n) is 2.23. The lowest BCUT2D eigenvalue weighted by atomic mass is 10.1. The van der Waals surface area contributed by atoms with Crippen LogP contribution in [0.4, 0.5) is 5.69 Å². The second-order valence-corrected chi connectivity index (χ2v) is 4.56. The fraction of sp³-hybridized carbons (Fsp3) is 0.571. The molecule has 17 heavy (non-hydrogen) atoms. The molecular weight excluding hydrogens is 212 g/mol. The molecule has 2 rings (SSSR count). The summed E-state index contributed by atoms with van der Waals surface area (Å²) < 4.78 is 5.83. The molecule has 0 saturated carbocycles. The summed E-state index contributed by atoms with van der Waals surface area (Å²) in [7, 11) is 0. The summed E-state index contributed by atoms with van der Waals surface area (Å²) in [6.07, 6.45) is 1.05. The van der Waals surface area contributed by atoms with Gasteiger partial charge in [-0.2, -0.15) is 0 Å². The Labute approximate surface area is 104 Å². The molecule has 1 fully saturated rings. The van der Waals surface area contributed by atoms with Crippen LogP contribution < -0.4 is 15.0 Å². The van der Waals surface area contributed by atoms with Gasteiger partial charge in [-0.1, -0.05) is 19.1 Å². The van der Waals surface area contributed by atoms with Gasteiger partial charge in [0.15, 0.2) is 0 Å². The van der Waals surface area contributed by atoms with E-state index in [4.69, 9.17) is 4.74 Å². The van der Waals surface area contributed by atoms with Gasteiger partial charge in [0.25, 0.3) is 0 Å². The Kier molecular flexibility index (Phi) is 4.26. The Balaban J connectivity index is 2.17. The number of rotatable bonds is 4. The number of para-hydroxylation sites is 2. The Bertz CT molecular complexity index is 354. The largest absolute Gasteiger partial charge is 0.491 e. The molecule has 1 unspecified atom stereocenters. The summed E-state index contributed by atoms with van der Waals surface area (Å²) in [5.41, 5.74) is 1.23. The van der Waals surface area contributed by atoms with Gasteiger partial charge in [-0.15, -0.1) is 0 Å². The van der Waals surface area contributed by atoms with Crippen molar-refractivity contribution in [3.63, 3.8) is 0 Å². The number of hydrogen-bond acceptors (Lipinski definition) is 3. The van der Waals surface area contributed by atoms with Gasteiger partial charge in [0, 0.05) is 25.7 Å². The van der Waals surface area contributed by atoms with E-state index in [1.165, 1.54) is 5.69 Å². The summed E-state index contributed by atoms with van der Waals surface area (Å²) in [5.74, 6) is 1.02. The zero-order valence-corrected chi connectivity index (χ0v) is 10.8. The van der Waals surface area contributed by atoms with Crippen molar-refractivity contribution in [2.24, 2.45) is 0 Å². The number of ether oxygens (including phenoxy) is 1. The van der Waals surface area contributed by atoms with Crippen molar-refractivity contribution >= 4 is 5.69 Å². The quantitative estimate of drug-likeness (QED) is 0.865. The first-order chi connectivity index (χ1) is 8.33. The minimum atomic E-state index is 0.523. The number of benzene rings is 1. The third kappa shape index (κ3) is 2.91. The second-order valence-electron chi connectivity index (χ2n) is 4.56. The van der Waals surface area contributed by atoms with Gasteiger partial charge in [-0.25, -0.2) is 0 Å². The zero-order valence-electron chi connectivity index (χ0n) is 10.8. The Morgan fingerprint density at radius 1 is 1.41 bits per heavy atom. The van der Waals surface area contributed by atoms with Crippen LogP contribution in [0.25, 0.3) is 0 Å². The van der Waals surface area contributed by atoms with Gasteiger partial charge < -0.3 is 15.0 Å². The first-order valence-electron chi connectivity index (χ1n) is 6.52. The minimum absolute atomic E-state index is 0.523. The maximum Gasteiger partial charge on any atom is 0.142 e. The molecule has 0 bridgehead atoms. The number of hydrogen-bond donors (Lipinski definition) is 1. The Morgan fingerprint density at radius 2 is 2.24 bits per heavy atom. The highest BCUT2D eigenvalue weighted by Crippen LogP contribution is 2.29. The standard InChI is InChI=1S/C14H22N2O/c1-3-10-17-14-7-5-4-6-13(14)16-9-8-15-11-12(16)2/h4-7,12,15H,3,8-11H2,1-2H3. The van der Waals surface area contributed by atoms with Crippen molar-refractivity contribution in [3.05, 3.63) is 24.3 Å². The highest BCUT2D eigenvalue weighted by molar-refractivity contribution is 5.59. The van der Waals surface area contributed by atoms with E-state index in [2.05, 4.69) is 42.3 Å². The van der Waals surface area contributed by atoms with Crippen molar-refractivity contribution in [1.29, 1.82) is 0 Å². The van der Waals surface area contributed by atoms with Gasteiger partial charge in [0.2, 0.25) is 0 Å². The molecule has 1 aromatic rings. The Hall–Kier alpha value is -1.22. The lowest BCUT2D eigenvalue weighted by molar-refractivity contribution is 0.316. The molecule has 1 N–H and O–H groups in total. The second kappa shape index (κ2) is 5.92. The molecule has 0 radical (unpaired) electrons. The third-order valence-corrected chi connectivity index (χ3v) is 3.14. The molecule has 1 saturated heterocycles. The van der Waals surface area contributed by atoms with Crippen LogP contribution in [-0.2, 0) is 0 Å². The molecule has 0 amide bonds. The topological polar surface area (TPSA) is 24.5 Å². The van der Waals surface area contributed by atoms with Gasteiger partial charge in [0.1, 0.15) is 5.75 Å².